The number of nitrogens with one attached hydrogen (secondary N) is 1. The number of carboxylic acid groups (broad SMARTS) is 1. The van der Waals surface area contributed by atoms with Crippen molar-refractivity contribution in [1.82, 2.24) is 9.88 Å². The first kappa shape index (κ1) is 18.6. The summed E-state index contributed by atoms with van der Waals surface area (Å²) in [5.74, 6) is -0.564. The molecule has 4 rings (SSSR count). The second-order valence-electron chi connectivity index (χ2n) is 6.36. The highest BCUT2D eigenvalue weighted by Gasteiger charge is 2.33. The molecule has 0 bridgehead atoms. The molecular formula is C20H18N4O5. The van der Waals surface area contributed by atoms with Gasteiger partial charge in [-0.1, -0.05) is 0 Å². The second-order valence-corrected chi connectivity index (χ2v) is 6.36. The Balaban J connectivity index is 1.71. The lowest BCUT2D eigenvalue weighted by Crippen LogP contribution is -2.39. The Bertz CT molecular complexity index is 1030. The lowest BCUT2D eigenvalue weighted by atomic mass is 10.1. The van der Waals surface area contributed by atoms with Gasteiger partial charge >= 0.3 is 5.97 Å². The summed E-state index contributed by atoms with van der Waals surface area (Å²) in [6.07, 6.45) is 1.39. The van der Waals surface area contributed by atoms with Crippen LogP contribution in [0.3, 0.4) is 0 Å². The standard InChI is InChI=1S/C20H18N4O5/c1-28-13-6-4-12(5-7-13)23-18-15-9-29-10-16(15)22-11-24(18)19(25)17-14(20(26)27)3-2-8-21-17/h2-8,23H,9-11H2,1H3,(H,26,27). The molecule has 0 saturated carbocycles. The maximum absolute atomic E-state index is 13.2. The van der Waals surface area contributed by atoms with Crippen LogP contribution in [0.5, 0.6) is 5.75 Å². The van der Waals surface area contributed by atoms with Crippen molar-refractivity contribution in [2.45, 2.75) is 0 Å². The summed E-state index contributed by atoms with van der Waals surface area (Å²) in [5, 5.41) is 12.7. The Morgan fingerprint density at radius 3 is 2.72 bits per heavy atom. The predicted octanol–water partition coefficient (Wildman–Crippen LogP) is 2.00. The van der Waals surface area contributed by atoms with Gasteiger partial charge in [0.15, 0.2) is 0 Å². The van der Waals surface area contributed by atoms with E-state index in [-0.39, 0.29) is 17.9 Å². The van der Waals surface area contributed by atoms with E-state index in [1.165, 1.54) is 23.2 Å². The summed E-state index contributed by atoms with van der Waals surface area (Å²) >= 11 is 0. The van der Waals surface area contributed by atoms with Crippen molar-refractivity contribution in [3.8, 4) is 5.75 Å². The monoisotopic (exact) mass is 394 g/mol. The van der Waals surface area contributed by atoms with Gasteiger partial charge in [-0.05, 0) is 36.4 Å². The molecule has 9 heteroatoms. The van der Waals surface area contributed by atoms with E-state index >= 15 is 0 Å². The number of amides is 1. The van der Waals surface area contributed by atoms with Gasteiger partial charge in [0.25, 0.3) is 5.91 Å². The minimum absolute atomic E-state index is 0.0369. The average Bonchev–Trinajstić information content (AvgIpc) is 3.23. The fourth-order valence-corrected chi connectivity index (χ4v) is 3.15. The highest BCUT2D eigenvalue weighted by Crippen LogP contribution is 2.27. The van der Waals surface area contributed by atoms with Crippen LogP contribution >= 0.6 is 0 Å². The Morgan fingerprint density at radius 1 is 1.21 bits per heavy atom. The van der Waals surface area contributed by atoms with Crippen molar-refractivity contribution in [2.24, 2.45) is 4.99 Å². The highest BCUT2D eigenvalue weighted by atomic mass is 16.5. The number of aromatic nitrogens is 1. The van der Waals surface area contributed by atoms with Gasteiger partial charge in [0.2, 0.25) is 0 Å². The first-order valence-corrected chi connectivity index (χ1v) is 8.84. The first-order chi connectivity index (χ1) is 14.1. The number of benzene rings is 1. The smallest absolute Gasteiger partial charge is 0.338 e. The minimum Gasteiger partial charge on any atom is -0.497 e. The van der Waals surface area contributed by atoms with Crippen molar-refractivity contribution in [1.29, 1.82) is 0 Å². The number of hydrogen-bond donors (Lipinski definition) is 2. The van der Waals surface area contributed by atoms with Crippen LogP contribution in [0.4, 0.5) is 5.69 Å². The van der Waals surface area contributed by atoms with E-state index in [4.69, 9.17) is 9.47 Å². The summed E-state index contributed by atoms with van der Waals surface area (Å²) in [6, 6.07) is 10.1. The lowest BCUT2D eigenvalue weighted by molar-refractivity contribution is 0.0681. The predicted molar refractivity (Wildman–Crippen MR) is 104 cm³/mol. The zero-order valence-corrected chi connectivity index (χ0v) is 15.6. The lowest BCUT2D eigenvalue weighted by Gasteiger charge is -2.29. The van der Waals surface area contributed by atoms with Gasteiger partial charge in [0, 0.05) is 17.5 Å². The SMILES string of the molecule is COc1ccc(NC2=C3COCC3=NCN2C(=O)c2ncccc2C(=O)O)cc1. The molecule has 2 aromatic rings. The molecule has 1 aromatic heterocycles. The van der Waals surface area contributed by atoms with E-state index in [9.17, 15) is 14.7 Å². The van der Waals surface area contributed by atoms with E-state index in [2.05, 4.69) is 15.3 Å². The van der Waals surface area contributed by atoms with E-state index < -0.39 is 11.9 Å². The van der Waals surface area contributed by atoms with Crippen LogP contribution in [0.2, 0.25) is 0 Å². The summed E-state index contributed by atoms with van der Waals surface area (Å²) < 4.78 is 10.7. The summed E-state index contributed by atoms with van der Waals surface area (Å²) in [4.78, 5) is 34.5. The number of aromatic carboxylic acids is 1. The van der Waals surface area contributed by atoms with Gasteiger partial charge in [-0.3, -0.25) is 19.7 Å². The van der Waals surface area contributed by atoms with Crippen LogP contribution in [0.15, 0.2) is 59.0 Å². The number of carbonyl (C=O) groups is 2. The highest BCUT2D eigenvalue weighted by molar-refractivity contribution is 6.08. The third-order valence-corrected chi connectivity index (χ3v) is 4.63. The molecule has 2 N–H and O–H groups in total. The number of hydrogen-bond acceptors (Lipinski definition) is 7. The van der Waals surface area contributed by atoms with Gasteiger partial charge in [-0.15, -0.1) is 0 Å². The number of nitrogens with zero attached hydrogens (tertiary/aromatic N) is 3. The molecule has 1 saturated heterocycles. The Morgan fingerprint density at radius 2 is 2.00 bits per heavy atom. The number of pyridine rings is 1. The van der Waals surface area contributed by atoms with Crippen LogP contribution in [-0.4, -0.2) is 59.6 Å². The molecule has 0 spiro atoms. The third-order valence-electron chi connectivity index (χ3n) is 4.63. The van der Waals surface area contributed by atoms with Gasteiger partial charge in [-0.2, -0.15) is 0 Å². The molecule has 0 aliphatic carbocycles. The van der Waals surface area contributed by atoms with Gasteiger partial charge in [0.1, 0.15) is 23.9 Å². The van der Waals surface area contributed by atoms with Gasteiger partial charge < -0.3 is 19.9 Å². The number of methoxy groups -OCH3 is 1. The molecule has 0 radical (unpaired) electrons. The largest absolute Gasteiger partial charge is 0.497 e. The molecule has 1 aromatic carbocycles. The number of ether oxygens (including phenoxy) is 2. The number of carboxylic acids is 1. The van der Waals surface area contributed by atoms with E-state index in [0.717, 1.165) is 17.0 Å². The summed E-state index contributed by atoms with van der Waals surface area (Å²) in [6.45, 7) is 0.708. The number of rotatable bonds is 5. The number of anilines is 1. The first-order valence-electron chi connectivity index (χ1n) is 8.84. The van der Waals surface area contributed by atoms with E-state index in [1.54, 1.807) is 19.2 Å². The van der Waals surface area contributed by atoms with Crippen LogP contribution in [0, 0.1) is 0 Å². The van der Waals surface area contributed by atoms with Crippen LogP contribution in [0.25, 0.3) is 0 Å². The molecular weight excluding hydrogens is 376 g/mol. The number of carbonyl (C=O) groups excluding carboxylic acids is 1. The molecule has 148 valence electrons. The molecule has 0 unspecified atom stereocenters. The molecule has 0 atom stereocenters. The van der Waals surface area contributed by atoms with Crippen molar-refractivity contribution in [3.05, 3.63) is 65.2 Å². The molecule has 3 heterocycles. The zero-order chi connectivity index (χ0) is 20.4. The number of fused-ring (bicyclic) bond motifs is 1. The molecule has 1 fully saturated rings. The van der Waals surface area contributed by atoms with Gasteiger partial charge in [-0.25, -0.2) is 4.79 Å². The van der Waals surface area contributed by atoms with Crippen molar-refractivity contribution >= 4 is 23.3 Å². The maximum atomic E-state index is 13.2. The normalized spacial score (nSPS) is 15.6. The summed E-state index contributed by atoms with van der Waals surface area (Å²) in [7, 11) is 1.58. The molecule has 1 amide bonds. The molecule has 29 heavy (non-hydrogen) atoms. The topological polar surface area (TPSA) is 113 Å². The zero-order valence-electron chi connectivity index (χ0n) is 15.6. The van der Waals surface area contributed by atoms with E-state index in [0.29, 0.717) is 24.8 Å². The molecule has 9 nitrogen and oxygen atoms in total. The van der Waals surface area contributed by atoms with Crippen LogP contribution in [0.1, 0.15) is 20.8 Å². The Labute approximate surface area is 166 Å². The Kier molecular flexibility index (Phi) is 4.96. The summed E-state index contributed by atoms with van der Waals surface area (Å²) in [5.41, 5.74) is 1.95. The van der Waals surface area contributed by atoms with Crippen molar-refractivity contribution in [2.75, 3.05) is 32.3 Å². The fourth-order valence-electron chi connectivity index (χ4n) is 3.15. The van der Waals surface area contributed by atoms with Crippen molar-refractivity contribution in [3.63, 3.8) is 0 Å². The van der Waals surface area contributed by atoms with Gasteiger partial charge in [0.05, 0.1) is 31.6 Å². The quantitative estimate of drug-likeness (QED) is 0.797. The number of aliphatic imine (C=N–C) groups is 1. The van der Waals surface area contributed by atoms with Crippen LogP contribution < -0.4 is 10.1 Å². The Hall–Kier alpha value is -3.72. The van der Waals surface area contributed by atoms with Crippen molar-refractivity contribution < 1.29 is 24.2 Å². The third kappa shape index (κ3) is 3.55. The second kappa shape index (κ2) is 7.72. The maximum Gasteiger partial charge on any atom is 0.338 e. The molecule has 2 aliphatic rings. The fraction of sp³-hybridized carbons (Fsp3) is 0.200. The minimum atomic E-state index is -1.22. The molecule has 2 aliphatic heterocycles. The van der Waals surface area contributed by atoms with Crippen LogP contribution in [-0.2, 0) is 4.74 Å². The van der Waals surface area contributed by atoms with E-state index in [1.807, 2.05) is 12.1 Å². The average molecular weight is 394 g/mol.